The molecular formula is C22H34IN5O. The van der Waals surface area contributed by atoms with Crippen molar-refractivity contribution in [2.45, 2.75) is 52.1 Å². The fraction of sp³-hybridized carbons (Fsp3) is 0.545. The van der Waals surface area contributed by atoms with Crippen LogP contribution in [-0.2, 0) is 6.42 Å². The monoisotopic (exact) mass is 511 g/mol. The minimum atomic E-state index is 0. The highest BCUT2D eigenvalue weighted by Gasteiger charge is 2.24. The van der Waals surface area contributed by atoms with Crippen molar-refractivity contribution in [2.24, 2.45) is 4.99 Å². The number of hydrogen-bond acceptors (Lipinski definition) is 4. The van der Waals surface area contributed by atoms with Gasteiger partial charge in [-0.3, -0.25) is 9.89 Å². The molecule has 7 heteroatoms. The van der Waals surface area contributed by atoms with Crippen molar-refractivity contribution in [3.05, 3.63) is 52.9 Å². The van der Waals surface area contributed by atoms with Crippen molar-refractivity contribution in [1.29, 1.82) is 0 Å². The molecule has 0 radical (unpaired) electrons. The molecule has 3 rings (SSSR count). The quantitative estimate of drug-likeness (QED) is 0.351. The predicted octanol–water partition coefficient (Wildman–Crippen LogP) is 3.84. The van der Waals surface area contributed by atoms with Gasteiger partial charge in [0.05, 0.1) is 5.69 Å². The van der Waals surface area contributed by atoms with Crippen LogP contribution in [0.5, 0.6) is 0 Å². The molecule has 160 valence electrons. The van der Waals surface area contributed by atoms with Gasteiger partial charge >= 0.3 is 0 Å². The molecule has 29 heavy (non-hydrogen) atoms. The Kier molecular flexibility index (Phi) is 9.42. The molecule has 2 N–H and O–H groups in total. The summed E-state index contributed by atoms with van der Waals surface area (Å²) in [6, 6.07) is 11.7. The van der Waals surface area contributed by atoms with Gasteiger partial charge < -0.3 is 15.2 Å². The summed E-state index contributed by atoms with van der Waals surface area (Å²) in [6.45, 7) is 9.27. The normalized spacial score (nSPS) is 16.9. The summed E-state index contributed by atoms with van der Waals surface area (Å²) in [6.07, 6.45) is 3.14. The number of nitrogens with one attached hydrogen (secondary N) is 2. The Morgan fingerprint density at radius 2 is 1.93 bits per heavy atom. The van der Waals surface area contributed by atoms with Crippen LogP contribution in [0.4, 0.5) is 0 Å². The first-order valence-electron chi connectivity index (χ1n) is 10.3. The SMILES string of the molecule is CN=C(NCCc1c(C)noc1C)NC1CCN(C(C)c2ccccc2)CC1.I. The molecule has 6 nitrogen and oxygen atoms in total. The van der Waals surface area contributed by atoms with Gasteiger partial charge in [-0.2, -0.15) is 0 Å². The van der Waals surface area contributed by atoms with Crippen molar-refractivity contribution >= 4 is 29.9 Å². The topological polar surface area (TPSA) is 65.7 Å². The molecule has 0 aliphatic carbocycles. The smallest absolute Gasteiger partial charge is 0.191 e. The highest BCUT2D eigenvalue weighted by Crippen LogP contribution is 2.24. The molecule has 1 aliphatic rings. The van der Waals surface area contributed by atoms with Crippen molar-refractivity contribution < 1.29 is 4.52 Å². The van der Waals surface area contributed by atoms with Crippen LogP contribution in [-0.4, -0.2) is 48.7 Å². The largest absolute Gasteiger partial charge is 0.361 e. The van der Waals surface area contributed by atoms with Gasteiger partial charge in [0, 0.05) is 44.3 Å². The minimum Gasteiger partial charge on any atom is -0.361 e. The van der Waals surface area contributed by atoms with Gasteiger partial charge in [0.15, 0.2) is 5.96 Å². The van der Waals surface area contributed by atoms with E-state index in [-0.39, 0.29) is 24.0 Å². The number of aliphatic imine (C=N–C) groups is 1. The Morgan fingerprint density at radius 3 is 2.52 bits per heavy atom. The maximum absolute atomic E-state index is 5.23. The third kappa shape index (κ3) is 6.44. The number of rotatable bonds is 6. The Labute approximate surface area is 191 Å². The molecule has 0 saturated carbocycles. The van der Waals surface area contributed by atoms with E-state index >= 15 is 0 Å². The number of hydrogen-bond donors (Lipinski definition) is 2. The lowest BCUT2D eigenvalue weighted by Crippen LogP contribution is -2.49. The Hall–Kier alpha value is -1.61. The first kappa shape index (κ1) is 23.7. The molecule has 1 saturated heterocycles. The zero-order valence-corrected chi connectivity index (χ0v) is 20.3. The lowest BCUT2D eigenvalue weighted by Gasteiger charge is -2.37. The molecule has 1 atom stereocenters. The third-order valence-electron chi connectivity index (χ3n) is 5.77. The molecule has 1 aliphatic heterocycles. The van der Waals surface area contributed by atoms with E-state index in [0.717, 1.165) is 56.3 Å². The van der Waals surface area contributed by atoms with Crippen LogP contribution < -0.4 is 10.6 Å². The van der Waals surface area contributed by atoms with Gasteiger partial charge in [0.1, 0.15) is 5.76 Å². The van der Waals surface area contributed by atoms with Crippen molar-refractivity contribution in [3.63, 3.8) is 0 Å². The van der Waals surface area contributed by atoms with Crippen LogP contribution in [0.3, 0.4) is 0 Å². The van der Waals surface area contributed by atoms with Crippen molar-refractivity contribution in [2.75, 3.05) is 26.7 Å². The number of nitrogens with zero attached hydrogens (tertiary/aromatic N) is 3. The van der Waals surface area contributed by atoms with Gasteiger partial charge in [-0.05, 0) is 45.6 Å². The Morgan fingerprint density at radius 1 is 1.24 bits per heavy atom. The first-order valence-corrected chi connectivity index (χ1v) is 10.3. The average Bonchev–Trinajstić information content (AvgIpc) is 3.05. The zero-order valence-electron chi connectivity index (χ0n) is 17.9. The molecular weight excluding hydrogens is 477 g/mol. The van der Waals surface area contributed by atoms with Crippen molar-refractivity contribution in [3.8, 4) is 0 Å². The maximum atomic E-state index is 5.23. The molecule has 1 fully saturated rings. The number of likely N-dealkylation sites (tertiary alicyclic amines) is 1. The fourth-order valence-corrected chi connectivity index (χ4v) is 3.93. The molecule has 0 spiro atoms. The van der Waals surface area contributed by atoms with Crippen LogP contribution in [0, 0.1) is 13.8 Å². The van der Waals surface area contributed by atoms with Crippen LogP contribution >= 0.6 is 24.0 Å². The van der Waals surface area contributed by atoms with Crippen molar-refractivity contribution in [1.82, 2.24) is 20.7 Å². The number of benzene rings is 1. The van der Waals surface area contributed by atoms with Gasteiger partial charge in [0.2, 0.25) is 0 Å². The number of aryl methyl sites for hydroxylation is 2. The van der Waals surface area contributed by atoms with Crippen LogP contribution in [0.1, 0.15) is 48.4 Å². The van der Waals surface area contributed by atoms with E-state index in [1.54, 1.807) is 0 Å². The summed E-state index contributed by atoms with van der Waals surface area (Å²) >= 11 is 0. The second-order valence-corrected chi connectivity index (χ2v) is 7.59. The van der Waals surface area contributed by atoms with E-state index in [2.05, 4.69) is 62.9 Å². The van der Waals surface area contributed by atoms with E-state index in [9.17, 15) is 0 Å². The molecule has 0 amide bonds. The van der Waals surface area contributed by atoms with E-state index in [0.29, 0.717) is 12.1 Å². The minimum absolute atomic E-state index is 0. The van der Waals surface area contributed by atoms with Gasteiger partial charge in [-0.25, -0.2) is 0 Å². The molecule has 1 unspecified atom stereocenters. The zero-order chi connectivity index (χ0) is 19.9. The summed E-state index contributed by atoms with van der Waals surface area (Å²) in [4.78, 5) is 6.96. The number of halogens is 1. The number of aromatic nitrogens is 1. The number of piperidine rings is 1. The van der Waals surface area contributed by atoms with Crippen LogP contribution in [0.2, 0.25) is 0 Å². The van der Waals surface area contributed by atoms with Crippen LogP contribution in [0.15, 0.2) is 39.8 Å². The average molecular weight is 511 g/mol. The molecule has 2 aromatic rings. The van der Waals surface area contributed by atoms with Gasteiger partial charge in [-0.1, -0.05) is 35.5 Å². The lowest BCUT2D eigenvalue weighted by molar-refractivity contribution is 0.158. The molecule has 1 aromatic carbocycles. The highest BCUT2D eigenvalue weighted by molar-refractivity contribution is 14.0. The van der Waals surface area contributed by atoms with Gasteiger partial charge in [0.25, 0.3) is 0 Å². The summed E-state index contributed by atoms with van der Waals surface area (Å²) < 4.78 is 5.23. The second kappa shape index (κ2) is 11.5. The van der Waals surface area contributed by atoms with Crippen LogP contribution in [0.25, 0.3) is 0 Å². The summed E-state index contributed by atoms with van der Waals surface area (Å²) in [5.41, 5.74) is 3.55. The summed E-state index contributed by atoms with van der Waals surface area (Å²) in [5, 5.41) is 11.0. The summed E-state index contributed by atoms with van der Waals surface area (Å²) in [5.74, 6) is 1.78. The van der Waals surface area contributed by atoms with E-state index in [1.165, 1.54) is 11.1 Å². The van der Waals surface area contributed by atoms with E-state index in [4.69, 9.17) is 4.52 Å². The van der Waals surface area contributed by atoms with Gasteiger partial charge in [-0.15, -0.1) is 24.0 Å². The molecule has 1 aromatic heterocycles. The first-order chi connectivity index (χ1) is 13.6. The lowest BCUT2D eigenvalue weighted by atomic mass is 10.0. The summed E-state index contributed by atoms with van der Waals surface area (Å²) in [7, 11) is 1.83. The molecule has 0 bridgehead atoms. The Balaban J connectivity index is 0.00000300. The Bertz CT molecular complexity index is 749. The maximum Gasteiger partial charge on any atom is 0.191 e. The standard InChI is InChI=1S/C22H33N5O.HI/c1-16-21(18(3)28-26-16)10-13-24-22(23-4)25-20-11-14-27(15-12-20)17(2)19-8-6-5-7-9-19;/h5-9,17,20H,10-15H2,1-4H3,(H2,23,24,25);1H. The molecule has 2 heterocycles. The second-order valence-electron chi connectivity index (χ2n) is 7.59. The highest BCUT2D eigenvalue weighted by atomic mass is 127. The van der Waals surface area contributed by atoms with E-state index < -0.39 is 0 Å². The van der Waals surface area contributed by atoms with E-state index in [1.807, 2.05) is 20.9 Å². The predicted molar refractivity (Wildman–Crippen MR) is 129 cm³/mol. The fourth-order valence-electron chi connectivity index (χ4n) is 3.93. The number of guanidine groups is 1. The third-order valence-corrected chi connectivity index (χ3v) is 5.77.